The van der Waals surface area contributed by atoms with Gasteiger partial charge in [0.15, 0.2) is 0 Å². The van der Waals surface area contributed by atoms with E-state index in [4.69, 9.17) is 4.74 Å². The zero-order valence-electron chi connectivity index (χ0n) is 18.5. The van der Waals surface area contributed by atoms with Crippen LogP contribution in [-0.4, -0.2) is 53.3 Å². The monoisotopic (exact) mass is 429 g/mol. The third-order valence-corrected chi connectivity index (χ3v) is 5.03. The molecule has 1 saturated heterocycles. The molecule has 1 heterocycles. The molecule has 0 spiro atoms. The second kappa shape index (κ2) is 11.9. The first-order valence-corrected chi connectivity index (χ1v) is 10.9. The van der Waals surface area contributed by atoms with Crippen LogP contribution < -0.4 is 5.32 Å². The highest BCUT2D eigenvalue weighted by molar-refractivity contribution is 6.28. The molecule has 0 unspecified atom stereocenters. The summed E-state index contributed by atoms with van der Waals surface area (Å²) in [6.07, 6.45) is 6.71. The SMILES string of the molecule is CCCCCCCOC(=O)c1ccc(NC=C2C(=O)N(CC)C(=O)N(CC)C2=O)cc1. The molecule has 1 N–H and O–H groups in total. The molecule has 0 aromatic heterocycles. The number of imide groups is 2. The van der Waals surface area contributed by atoms with Gasteiger partial charge in [0.05, 0.1) is 12.2 Å². The summed E-state index contributed by atoms with van der Waals surface area (Å²) in [7, 11) is 0. The Balaban J connectivity index is 1.96. The van der Waals surface area contributed by atoms with Crippen molar-refractivity contribution in [2.24, 2.45) is 0 Å². The third-order valence-electron chi connectivity index (χ3n) is 5.03. The molecule has 0 aliphatic carbocycles. The van der Waals surface area contributed by atoms with Crippen molar-refractivity contribution in [1.82, 2.24) is 9.80 Å². The second-order valence-corrected chi connectivity index (χ2v) is 7.21. The Labute approximate surface area is 183 Å². The summed E-state index contributed by atoms with van der Waals surface area (Å²) in [5, 5.41) is 2.90. The van der Waals surface area contributed by atoms with Gasteiger partial charge in [0.25, 0.3) is 11.8 Å². The number of rotatable bonds is 11. The van der Waals surface area contributed by atoms with Gasteiger partial charge in [0.2, 0.25) is 0 Å². The Morgan fingerprint density at radius 3 is 2.03 bits per heavy atom. The molecule has 31 heavy (non-hydrogen) atoms. The fraction of sp³-hybridized carbons (Fsp3) is 0.478. The number of ether oxygens (including phenoxy) is 1. The highest BCUT2D eigenvalue weighted by Crippen LogP contribution is 2.18. The maximum atomic E-state index is 12.5. The molecule has 1 aliphatic heterocycles. The van der Waals surface area contributed by atoms with Gasteiger partial charge < -0.3 is 10.1 Å². The van der Waals surface area contributed by atoms with Gasteiger partial charge in [-0.15, -0.1) is 0 Å². The summed E-state index contributed by atoms with van der Waals surface area (Å²) >= 11 is 0. The van der Waals surface area contributed by atoms with E-state index in [0.29, 0.717) is 17.9 Å². The minimum absolute atomic E-state index is 0.116. The summed E-state index contributed by atoms with van der Waals surface area (Å²) < 4.78 is 5.29. The maximum absolute atomic E-state index is 12.5. The summed E-state index contributed by atoms with van der Waals surface area (Å²) in [5.74, 6) is -1.64. The lowest BCUT2D eigenvalue weighted by molar-refractivity contribution is -0.135. The van der Waals surface area contributed by atoms with Gasteiger partial charge in [-0.2, -0.15) is 0 Å². The average Bonchev–Trinajstić information content (AvgIpc) is 2.77. The number of unbranched alkanes of at least 4 members (excludes halogenated alkanes) is 4. The van der Waals surface area contributed by atoms with Gasteiger partial charge in [-0.1, -0.05) is 32.6 Å². The Hall–Kier alpha value is -3.16. The number of amides is 4. The van der Waals surface area contributed by atoms with E-state index in [1.807, 2.05) is 0 Å². The quantitative estimate of drug-likeness (QED) is 0.248. The molecule has 1 aromatic rings. The van der Waals surface area contributed by atoms with Crippen LogP contribution in [0.1, 0.15) is 63.2 Å². The van der Waals surface area contributed by atoms with Crippen LogP contribution in [0.5, 0.6) is 0 Å². The summed E-state index contributed by atoms with van der Waals surface area (Å²) in [6.45, 7) is 6.25. The van der Waals surface area contributed by atoms with Crippen LogP contribution in [0.25, 0.3) is 0 Å². The molecule has 8 nitrogen and oxygen atoms in total. The van der Waals surface area contributed by atoms with E-state index in [0.717, 1.165) is 29.1 Å². The van der Waals surface area contributed by atoms with Gasteiger partial charge in [0, 0.05) is 25.0 Å². The number of urea groups is 1. The zero-order valence-corrected chi connectivity index (χ0v) is 18.5. The molecule has 0 atom stereocenters. The van der Waals surface area contributed by atoms with E-state index >= 15 is 0 Å². The number of benzene rings is 1. The number of likely N-dealkylation sites (N-methyl/N-ethyl adjacent to an activating group) is 2. The number of carbonyl (C=O) groups is 4. The van der Waals surface area contributed by atoms with E-state index < -0.39 is 17.8 Å². The first-order chi connectivity index (χ1) is 14.9. The standard InChI is InChI=1S/C23H31N3O5/c1-4-7-8-9-10-15-31-22(29)17-11-13-18(14-12-17)24-16-19-20(27)25(5-2)23(30)26(6-3)21(19)28/h11-14,16,24H,4-10,15H2,1-3H3. The van der Waals surface area contributed by atoms with Crippen LogP contribution in [0.15, 0.2) is 36.0 Å². The van der Waals surface area contributed by atoms with Crippen molar-refractivity contribution < 1.29 is 23.9 Å². The van der Waals surface area contributed by atoms with Crippen LogP contribution in [0.4, 0.5) is 10.5 Å². The summed E-state index contributed by atoms with van der Waals surface area (Å²) in [6, 6.07) is 5.95. The normalized spacial score (nSPS) is 14.2. The fourth-order valence-electron chi connectivity index (χ4n) is 3.19. The lowest BCUT2D eigenvalue weighted by Crippen LogP contribution is -2.56. The van der Waals surface area contributed by atoms with Crippen LogP contribution in [-0.2, 0) is 14.3 Å². The first-order valence-electron chi connectivity index (χ1n) is 10.9. The number of nitrogens with one attached hydrogen (secondary N) is 1. The van der Waals surface area contributed by atoms with Gasteiger partial charge >= 0.3 is 12.0 Å². The third kappa shape index (κ3) is 6.16. The molecule has 1 aromatic carbocycles. The van der Waals surface area contributed by atoms with Crippen LogP contribution in [0.2, 0.25) is 0 Å². The number of esters is 1. The molecule has 0 saturated carbocycles. The van der Waals surface area contributed by atoms with Crippen molar-refractivity contribution in [3.8, 4) is 0 Å². The highest BCUT2D eigenvalue weighted by atomic mass is 16.5. The number of nitrogens with zero attached hydrogens (tertiary/aromatic N) is 2. The van der Waals surface area contributed by atoms with Crippen molar-refractivity contribution in [3.63, 3.8) is 0 Å². The number of carbonyl (C=O) groups excluding carboxylic acids is 4. The molecular formula is C23H31N3O5. The molecule has 2 rings (SSSR count). The predicted octanol–water partition coefficient (Wildman–Crippen LogP) is 3.94. The first kappa shape index (κ1) is 24.1. The minimum Gasteiger partial charge on any atom is -0.462 e. The number of barbiturate groups is 1. The Bertz CT molecular complexity index is 804. The molecule has 168 valence electrons. The van der Waals surface area contributed by atoms with E-state index in [2.05, 4.69) is 12.2 Å². The molecule has 0 radical (unpaired) electrons. The van der Waals surface area contributed by atoms with Crippen molar-refractivity contribution in [2.45, 2.75) is 52.9 Å². The lowest BCUT2D eigenvalue weighted by atomic mass is 10.1. The lowest BCUT2D eigenvalue weighted by Gasteiger charge is -2.32. The van der Waals surface area contributed by atoms with E-state index in [9.17, 15) is 19.2 Å². The van der Waals surface area contributed by atoms with Crippen molar-refractivity contribution in [3.05, 3.63) is 41.6 Å². The van der Waals surface area contributed by atoms with Crippen molar-refractivity contribution in [2.75, 3.05) is 25.0 Å². The van der Waals surface area contributed by atoms with Crippen LogP contribution in [0.3, 0.4) is 0 Å². The molecule has 4 amide bonds. The zero-order chi connectivity index (χ0) is 22.8. The Kier molecular flexibility index (Phi) is 9.24. The van der Waals surface area contributed by atoms with E-state index in [1.165, 1.54) is 19.0 Å². The Morgan fingerprint density at radius 1 is 0.903 bits per heavy atom. The van der Waals surface area contributed by atoms with Crippen LogP contribution >= 0.6 is 0 Å². The molecule has 8 heteroatoms. The van der Waals surface area contributed by atoms with Gasteiger partial charge in [-0.25, -0.2) is 9.59 Å². The summed E-state index contributed by atoms with van der Waals surface area (Å²) in [5.41, 5.74) is 0.901. The van der Waals surface area contributed by atoms with Gasteiger partial charge in [-0.05, 0) is 44.5 Å². The smallest absolute Gasteiger partial charge is 0.338 e. The van der Waals surface area contributed by atoms with Gasteiger partial charge in [0.1, 0.15) is 5.57 Å². The second-order valence-electron chi connectivity index (χ2n) is 7.21. The van der Waals surface area contributed by atoms with Crippen LogP contribution in [0, 0.1) is 0 Å². The van der Waals surface area contributed by atoms with Crippen molar-refractivity contribution >= 4 is 29.5 Å². The van der Waals surface area contributed by atoms with Crippen molar-refractivity contribution in [1.29, 1.82) is 0 Å². The fourth-order valence-corrected chi connectivity index (χ4v) is 3.19. The Morgan fingerprint density at radius 2 is 1.48 bits per heavy atom. The summed E-state index contributed by atoms with van der Waals surface area (Å²) in [4.78, 5) is 51.3. The number of anilines is 1. The maximum Gasteiger partial charge on any atom is 0.338 e. The largest absolute Gasteiger partial charge is 0.462 e. The average molecular weight is 430 g/mol. The predicted molar refractivity (Wildman–Crippen MR) is 117 cm³/mol. The topological polar surface area (TPSA) is 96.0 Å². The minimum atomic E-state index is -0.631. The van der Waals surface area contributed by atoms with Gasteiger partial charge in [-0.3, -0.25) is 19.4 Å². The number of hydrogen-bond acceptors (Lipinski definition) is 6. The van der Waals surface area contributed by atoms with E-state index in [-0.39, 0.29) is 24.6 Å². The highest BCUT2D eigenvalue weighted by Gasteiger charge is 2.40. The molecule has 1 aliphatic rings. The molecular weight excluding hydrogens is 398 g/mol. The molecule has 1 fully saturated rings. The number of hydrogen-bond donors (Lipinski definition) is 1. The molecule has 0 bridgehead atoms. The van der Waals surface area contributed by atoms with E-state index in [1.54, 1.807) is 38.1 Å².